The van der Waals surface area contributed by atoms with Gasteiger partial charge in [-0.3, -0.25) is 0 Å². The number of nitrogens with zero attached hydrogens (tertiary/aromatic N) is 4. The minimum Gasteiger partial charge on any atom is -0.329 e. The number of aryl methyl sites for hydroxylation is 2. The van der Waals surface area contributed by atoms with Crippen LogP contribution in [0.4, 0.5) is 36.3 Å². The highest BCUT2D eigenvalue weighted by Gasteiger charge is 2.37. The molecule has 152 valence electrons. The van der Waals surface area contributed by atoms with Gasteiger partial charge in [0.25, 0.3) is 0 Å². The average Bonchev–Trinajstić information content (AvgIpc) is 2.72. The van der Waals surface area contributed by atoms with E-state index < -0.39 is 11.7 Å². The summed E-state index contributed by atoms with van der Waals surface area (Å²) in [6.07, 6.45) is -2.86. The average molecular weight is 400 g/mol. The Hall–Kier alpha value is -3.09. The van der Waals surface area contributed by atoms with Crippen molar-refractivity contribution in [2.24, 2.45) is 0 Å². The molecule has 0 bridgehead atoms. The Bertz CT molecular complexity index is 967. The zero-order chi connectivity index (χ0) is 21.2. The SMILES string of the molecule is CCc1ccc(N(C)c2nc(N(C)c3ccc(C)cc3)ncc2C(F)(F)F)cc1. The predicted molar refractivity (Wildman–Crippen MR) is 110 cm³/mol. The largest absolute Gasteiger partial charge is 0.421 e. The van der Waals surface area contributed by atoms with Crippen molar-refractivity contribution in [3.63, 3.8) is 0 Å². The highest BCUT2D eigenvalue weighted by atomic mass is 19.4. The molecule has 29 heavy (non-hydrogen) atoms. The molecule has 0 atom stereocenters. The number of alkyl halides is 3. The van der Waals surface area contributed by atoms with Gasteiger partial charge in [-0.05, 0) is 43.2 Å². The van der Waals surface area contributed by atoms with E-state index in [1.165, 1.54) is 4.90 Å². The van der Waals surface area contributed by atoms with Crippen LogP contribution in [0.1, 0.15) is 23.6 Å². The predicted octanol–water partition coefficient (Wildman–Crippen LogP) is 5.90. The van der Waals surface area contributed by atoms with Crippen LogP contribution in [-0.2, 0) is 12.6 Å². The van der Waals surface area contributed by atoms with Crippen molar-refractivity contribution in [3.05, 3.63) is 71.4 Å². The summed E-state index contributed by atoms with van der Waals surface area (Å²) in [4.78, 5) is 11.4. The lowest BCUT2D eigenvalue weighted by atomic mass is 10.1. The van der Waals surface area contributed by atoms with Crippen LogP contribution >= 0.6 is 0 Å². The summed E-state index contributed by atoms with van der Waals surface area (Å²) in [5.74, 6) is -0.000378. The van der Waals surface area contributed by atoms with E-state index in [2.05, 4.69) is 9.97 Å². The topological polar surface area (TPSA) is 32.3 Å². The zero-order valence-corrected chi connectivity index (χ0v) is 16.8. The lowest BCUT2D eigenvalue weighted by Gasteiger charge is -2.25. The molecule has 0 aliphatic rings. The number of hydrogen-bond donors (Lipinski definition) is 0. The van der Waals surface area contributed by atoms with Crippen molar-refractivity contribution in [3.8, 4) is 0 Å². The molecule has 0 saturated heterocycles. The Labute approximate surface area is 168 Å². The molecule has 0 aliphatic carbocycles. The molecule has 1 heterocycles. The van der Waals surface area contributed by atoms with Crippen LogP contribution in [0.2, 0.25) is 0 Å². The Balaban J connectivity index is 2.04. The zero-order valence-electron chi connectivity index (χ0n) is 16.8. The second-order valence-electron chi connectivity index (χ2n) is 6.88. The van der Waals surface area contributed by atoms with Crippen LogP contribution < -0.4 is 9.80 Å². The lowest BCUT2D eigenvalue weighted by molar-refractivity contribution is -0.137. The first-order valence-corrected chi connectivity index (χ1v) is 9.28. The molecule has 0 aliphatic heterocycles. The van der Waals surface area contributed by atoms with Crippen LogP contribution in [0.5, 0.6) is 0 Å². The maximum atomic E-state index is 13.6. The summed E-state index contributed by atoms with van der Waals surface area (Å²) in [5, 5.41) is 0. The highest BCUT2D eigenvalue weighted by Crippen LogP contribution is 2.38. The van der Waals surface area contributed by atoms with Crippen LogP contribution in [0.25, 0.3) is 0 Å². The molecule has 0 amide bonds. The number of hydrogen-bond acceptors (Lipinski definition) is 4. The maximum absolute atomic E-state index is 13.6. The van der Waals surface area contributed by atoms with E-state index in [-0.39, 0.29) is 11.8 Å². The first kappa shape index (κ1) is 20.6. The van der Waals surface area contributed by atoms with Crippen LogP contribution in [0.3, 0.4) is 0 Å². The minimum absolute atomic E-state index is 0.189. The third kappa shape index (κ3) is 4.50. The van der Waals surface area contributed by atoms with E-state index in [9.17, 15) is 13.2 Å². The summed E-state index contributed by atoms with van der Waals surface area (Å²) in [7, 11) is 3.31. The lowest BCUT2D eigenvalue weighted by Crippen LogP contribution is -2.21. The number of halogens is 3. The number of benzene rings is 2. The fourth-order valence-corrected chi connectivity index (χ4v) is 2.94. The quantitative estimate of drug-likeness (QED) is 0.534. The van der Waals surface area contributed by atoms with Gasteiger partial charge >= 0.3 is 6.18 Å². The molecule has 0 spiro atoms. The highest BCUT2D eigenvalue weighted by molar-refractivity contribution is 5.66. The first-order valence-electron chi connectivity index (χ1n) is 9.28. The van der Waals surface area contributed by atoms with Gasteiger partial charge < -0.3 is 9.80 Å². The molecule has 0 saturated carbocycles. The molecule has 0 radical (unpaired) electrons. The summed E-state index contributed by atoms with van der Waals surface area (Å²) < 4.78 is 40.9. The fourth-order valence-electron chi connectivity index (χ4n) is 2.94. The van der Waals surface area contributed by atoms with Gasteiger partial charge in [0, 0.05) is 31.7 Å². The second-order valence-corrected chi connectivity index (χ2v) is 6.88. The minimum atomic E-state index is -4.56. The fraction of sp³-hybridized carbons (Fsp3) is 0.273. The van der Waals surface area contributed by atoms with Crippen molar-refractivity contribution in [1.82, 2.24) is 9.97 Å². The molecule has 2 aromatic carbocycles. The number of aromatic nitrogens is 2. The summed E-state index contributed by atoms with van der Waals surface area (Å²) in [5.41, 5.74) is 2.74. The van der Waals surface area contributed by atoms with E-state index in [0.29, 0.717) is 5.69 Å². The van der Waals surface area contributed by atoms with Crippen molar-refractivity contribution in [2.45, 2.75) is 26.4 Å². The standard InChI is InChI=1S/C22H23F3N4/c1-5-16-8-12-17(13-9-16)28(3)20-19(22(23,24)25)14-26-21(27-20)29(4)18-10-6-15(2)7-11-18/h6-14H,5H2,1-4H3. The van der Waals surface area contributed by atoms with Gasteiger partial charge in [0.05, 0.1) is 0 Å². The second kappa shape index (κ2) is 8.11. The van der Waals surface area contributed by atoms with Gasteiger partial charge in [-0.2, -0.15) is 18.2 Å². The van der Waals surface area contributed by atoms with Gasteiger partial charge in [0.2, 0.25) is 5.95 Å². The van der Waals surface area contributed by atoms with Crippen molar-refractivity contribution >= 4 is 23.1 Å². The number of anilines is 4. The summed E-state index contributed by atoms with van der Waals surface area (Å²) >= 11 is 0. The van der Waals surface area contributed by atoms with E-state index in [4.69, 9.17) is 0 Å². The Morgan fingerprint density at radius 2 is 1.41 bits per heavy atom. The molecule has 0 N–H and O–H groups in total. The molecule has 1 aromatic heterocycles. The van der Waals surface area contributed by atoms with Gasteiger partial charge in [-0.25, -0.2) is 4.98 Å². The molecule has 0 unspecified atom stereocenters. The van der Waals surface area contributed by atoms with Gasteiger partial charge in [-0.1, -0.05) is 36.8 Å². The maximum Gasteiger partial charge on any atom is 0.421 e. The molecule has 0 fully saturated rings. The third-order valence-electron chi connectivity index (χ3n) is 4.83. The van der Waals surface area contributed by atoms with Crippen molar-refractivity contribution in [2.75, 3.05) is 23.9 Å². The Morgan fingerprint density at radius 1 is 0.862 bits per heavy atom. The van der Waals surface area contributed by atoms with Crippen molar-refractivity contribution in [1.29, 1.82) is 0 Å². The molecule has 3 aromatic rings. The molecular formula is C22H23F3N4. The van der Waals surface area contributed by atoms with Crippen molar-refractivity contribution < 1.29 is 13.2 Å². The molecule has 7 heteroatoms. The van der Waals surface area contributed by atoms with Crippen LogP contribution in [0.15, 0.2) is 54.7 Å². The Morgan fingerprint density at radius 3 is 1.97 bits per heavy atom. The Kier molecular flexibility index (Phi) is 5.77. The molecular weight excluding hydrogens is 377 g/mol. The van der Waals surface area contributed by atoms with E-state index in [1.54, 1.807) is 31.1 Å². The van der Waals surface area contributed by atoms with Gasteiger partial charge in [0.15, 0.2) is 5.82 Å². The van der Waals surface area contributed by atoms with Crippen LogP contribution in [-0.4, -0.2) is 24.1 Å². The normalized spacial score (nSPS) is 11.4. The first-order chi connectivity index (χ1) is 13.7. The smallest absolute Gasteiger partial charge is 0.329 e. The van der Waals surface area contributed by atoms with E-state index in [1.807, 2.05) is 50.2 Å². The molecule has 4 nitrogen and oxygen atoms in total. The van der Waals surface area contributed by atoms with Gasteiger partial charge in [-0.15, -0.1) is 0 Å². The van der Waals surface area contributed by atoms with Crippen LogP contribution in [0, 0.1) is 6.92 Å². The van der Waals surface area contributed by atoms with E-state index >= 15 is 0 Å². The van der Waals surface area contributed by atoms with E-state index in [0.717, 1.165) is 29.4 Å². The number of rotatable bonds is 5. The third-order valence-corrected chi connectivity index (χ3v) is 4.83. The van der Waals surface area contributed by atoms with Gasteiger partial charge in [0.1, 0.15) is 5.56 Å². The molecule has 3 rings (SSSR count). The summed E-state index contributed by atoms with van der Waals surface area (Å²) in [6, 6.07) is 15.0. The monoisotopic (exact) mass is 400 g/mol. The summed E-state index contributed by atoms with van der Waals surface area (Å²) in [6.45, 7) is 3.99.